The normalized spacial score (nSPS) is 59.8. The first-order valence-electron chi connectivity index (χ1n) is 19.5. The Balaban J connectivity index is 1.05. The molecule has 22 atom stereocenters. The summed E-state index contributed by atoms with van der Waals surface area (Å²) in [5, 5.41) is 74.8. The molecule has 290 valence electrons. The maximum absolute atomic E-state index is 11.2. The minimum Gasteiger partial charge on any atom is -0.393 e. The second-order valence-corrected chi connectivity index (χ2v) is 18.0. The predicted octanol–water partition coefficient (Wildman–Crippen LogP) is 1.32. The molecule has 0 aromatic carbocycles. The van der Waals surface area contributed by atoms with Gasteiger partial charge in [-0.15, -0.1) is 0 Å². The van der Waals surface area contributed by atoms with Crippen LogP contribution < -0.4 is 0 Å². The molecule has 0 radical (unpaired) electrons. The van der Waals surface area contributed by atoms with E-state index in [-0.39, 0.29) is 23.9 Å². The number of hydrogen-bond acceptors (Lipinski definition) is 13. The minimum absolute atomic E-state index is 0.0965. The first-order chi connectivity index (χ1) is 24.1. The summed E-state index contributed by atoms with van der Waals surface area (Å²) in [4.78, 5) is 0. The van der Waals surface area contributed by atoms with Crippen LogP contribution in [-0.2, 0) is 28.4 Å². The summed E-state index contributed by atoms with van der Waals surface area (Å²) in [6.07, 6.45) is -7.19. The lowest BCUT2D eigenvalue weighted by Gasteiger charge is -2.60. The van der Waals surface area contributed by atoms with Gasteiger partial charge in [0.2, 0.25) is 0 Å². The number of aliphatic hydroxyl groups excluding tert-OH is 7. The number of aliphatic hydroxyl groups is 7. The lowest BCUT2D eigenvalue weighted by atomic mass is 9.46. The Hall–Kier alpha value is -0.780. The van der Waals surface area contributed by atoms with E-state index in [1.54, 1.807) is 0 Å². The van der Waals surface area contributed by atoms with Crippen molar-refractivity contribution < 1.29 is 64.2 Å². The number of allylic oxidation sites excluding steroid dienone is 1. The van der Waals surface area contributed by atoms with Crippen LogP contribution in [0.2, 0.25) is 0 Å². The van der Waals surface area contributed by atoms with Gasteiger partial charge in [-0.2, -0.15) is 0 Å². The highest BCUT2D eigenvalue weighted by molar-refractivity contribution is 5.29. The lowest BCUT2D eigenvalue weighted by molar-refractivity contribution is -0.392. The van der Waals surface area contributed by atoms with E-state index in [0.29, 0.717) is 36.0 Å². The van der Waals surface area contributed by atoms with E-state index in [2.05, 4.69) is 33.8 Å². The zero-order valence-electron chi connectivity index (χ0n) is 30.5. The van der Waals surface area contributed by atoms with E-state index < -0.39 is 85.0 Å². The topological polar surface area (TPSA) is 197 Å². The maximum atomic E-state index is 11.2. The zero-order valence-corrected chi connectivity index (χ0v) is 30.5. The van der Waals surface area contributed by atoms with Crippen molar-refractivity contribution >= 4 is 0 Å². The molecule has 0 amide bonds. The molecule has 0 bridgehead atoms. The SMILES string of the molecule is CC1CCC2(OC1)OC1CC3C4CC=C5CC(O)CC(OC6OC(O)C(O)C(O)C6OC6OC(C)C(O)C(O)C6O)C5(C)C4CCC3(C)C1C2C. The maximum Gasteiger partial charge on any atom is 0.190 e. The average molecular weight is 725 g/mol. The first-order valence-corrected chi connectivity index (χ1v) is 19.5. The molecule has 4 aliphatic carbocycles. The molecular weight excluding hydrogens is 664 g/mol. The van der Waals surface area contributed by atoms with E-state index >= 15 is 0 Å². The third kappa shape index (κ3) is 5.66. The van der Waals surface area contributed by atoms with Gasteiger partial charge in [0.25, 0.3) is 0 Å². The Morgan fingerprint density at radius 3 is 2.27 bits per heavy atom. The highest BCUT2D eigenvalue weighted by Gasteiger charge is 2.69. The summed E-state index contributed by atoms with van der Waals surface area (Å²) in [5.41, 5.74) is 0.723. The van der Waals surface area contributed by atoms with Gasteiger partial charge in [0.15, 0.2) is 24.7 Å². The summed E-state index contributed by atoms with van der Waals surface area (Å²) in [5.74, 6) is 1.82. The van der Waals surface area contributed by atoms with E-state index in [0.717, 1.165) is 50.7 Å². The predicted molar refractivity (Wildman–Crippen MR) is 178 cm³/mol. The zero-order chi connectivity index (χ0) is 36.4. The summed E-state index contributed by atoms with van der Waals surface area (Å²) in [6.45, 7) is 11.5. The van der Waals surface area contributed by atoms with Crippen LogP contribution in [0.5, 0.6) is 0 Å². The number of hydrogen-bond donors (Lipinski definition) is 7. The summed E-state index contributed by atoms with van der Waals surface area (Å²) < 4.78 is 37.6. The molecule has 13 heteroatoms. The van der Waals surface area contributed by atoms with Crippen LogP contribution in [0.15, 0.2) is 11.6 Å². The Bertz CT molecular complexity index is 1320. The van der Waals surface area contributed by atoms with Gasteiger partial charge in [0.1, 0.15) is 36.6 Å². The molecule has 0 aromatic rings. The van der Waals surface area contributed by atoms with E-state index in [9.17, 15) is 35.7 Å². The van der Waals surface area contributed by atoms with Crippen molar-refractivity contribution in [3.8, 4) is 0 Å². The fraction of sp³-hybridized carbons (Fsp3) is 0.947. The monoisotopic (exact) mass is 724 g/mol. The third-order valence-electron chi connectivity index (χ3n) is 15.3. The second-order valence-electron chi connectivity index (χ2n) is 18.0. The van der Waals surface area contributed by atoms with Crippen LogP contribution >= 0.6 is 0 Å². The highest BCUT2D eigenvalue weighted by Crippen LogP contribution is 2.71. The van der Waals surface area contributed by atoms with Crippen LogP contribution in [0.4, 0.5) is 0 Å². The Morgan fingerprint density at radius 2 is 1.55 bits per heavy atom. The van der Waals surface area contributed by atoms with Crippen molar-refractivity contribution in [3.05, 3.63) is 11.6 Å². The fourth-order valence-electron chi connectivity index (χ4n) is 12.4. The Kier molecular flexibility index (Phi) is 9.60. The molecule has 3 saturated carbocycles. The first kappa shape index (κ1) is 37.2. The standard InChI is InChI=1S/C38H60O13/c1-16-8-11-38(46-15-16)17(2)26-24(51-38)14-23-21-7-6-19-12-20(39)13-25(37(19,5)22(21)9-10-36(23,26)4)48-35-32(29(42)30(43)33(45)50-35)49-34-31(44)28(41)27(40)18(3)47-34/h6,16-18,20-35,39-45H,7-15H2,1-5H3. The molecule has 4 aliphatic heterocycles. The van der Waals surface area contributed by atoms with Crippen LogP contribution in [0.1, 0.15) is 86.0 Å². The van der Waals surface area contributed by atoms with Crippen molar-refractivity contribution in [1.82, 2.24) is 0 Å². The van der Waals surface area contributed by atoms with Gasteiger partial charge in [0, 0.05) is 24.2 Å². The molecule has 7 N–H and O–H groups in total. The van der Waals surface area contributed by atoms with Crippen LogP contribution in [0.3, 0.4) is 0 Å². The fourth-order valence-corrected chi connectivity index (χ4v) is 12.4. The molecular formula is C38H60O13. The molecule has 8 aliphatic rings. The summed E-state index contributed by atoms with van der Waals surface area (Å²) in [7, 11) is 0. The molecule has 8 rings (SSSR count). The largest absolute Gasteiger partial charge is 0.393 e. The number of fused-ring (bicyclic) bond motifs is 7. The van der Waals surface area contributed by atoms with E-state index in [4.69, 9.17) is 28.4 Å². The van der Waals surface area contributed by atoms with Crippen molar-refractivity contribution in [3.63, 3.8) is 0 Å². The number of ether oxygens (including phenoxy) is 6. The van der Waals surface area contributed by atoms with Gasteiger partial charge in [-0.05, 0) is 80.5 Å². The molecule has 1 spiro atoms. The number of rotatable bonds is 4. The van der Waals surface area contributed by atoms with Gasteiger partial charge < -0.3 is 64.2 Å². The van der Waals surface area contributed by atoms with Crippen molar-refractivity contribution in [2.75, 3.05) is 6.61 Å². The second kappa shape index (κ2) is 13.2. The van der Waals surface area contributed by atoms with Gasteiger partial charge in [-0.25, -0.2) is 0 Å². The third-order valence-corrected chi connectivity index (χ3v) is 15.3. The average Bonchev–Trinajstić information content (AvgIpc) is 3.54. The molecule has 22 unspecified atom stereocenters. The van der Waals surface area contributed by atoms with E-state index in [1.165, 1.54) is 6.92 Å². The quantitative estimate of drug-likeness (QED) is 0.205. The van der Waals surface area contributed by atoms with Gasteiger partial charge in [-0.1, -0.05) is 39.3 Å². The van der Waals surface area contributed by atoms with Crippen molar-refractivity contribution in [1.29, 1.82) is 0 Å². The Labute approximate surface area is 300 Å². The molecule has 13 nitrogen and oxygen atoms in total. The van der Waals surface area contributed by atoms with Crippen molar-refractivity contribution in [2.45, 2.75) is 172 Å². The van der Waals surface area contributed by atoms with Crippen LogP contribution in [0.25, 0.3) is 0 Å². The smallest absolute Gasteiger partial charge is 0.190 e. The van der Waals surface area contributed by atoms with Gasteiger partial charge >= 0.3 is 0 Å². The molecule has 7 fully saturated rings. The molecule has 4 saturated heterocycles. The minimum atomic E-state index is -1.79. The summed E-state index contributed by atoms with van der Waals surface area (Å²) >= 11 is 0. The lowest BCUT2D eigenvalue weighted by Crippen LogP contribution is -2.65. The van der Waals surface area contributed by atoms with Crippen LogP contribution in [-0.4, -0.2) is 128 Å². The van der Waals surface area contributed by atoms with Crippen molar-refractivity contribution in [2.24, 2.45) is 46.3 Å². The molecule has 0 aromatic heterocycles. The van der Waals surface area contributed by atoms with Gasteiger partial charge in [-0.3, -0.25) is 0 Å². The van der Waals surface area contributed by atoms with Gasteiger partial charge in [0.05, 0.1) is 31.0 Å². The highest BCUT2D eigenvalue weighted by atomic mass is 16.8. The van der Waals surface area contributed by atoms with Crippen LogP contribution in [0, 0.1) is 46.3 Å². The summed E-state index contributed by atoms with van der Waals surface area (Å²) in [6, 6.07) is 0. The molecule has 4 heterocycles. The molecule has 51 heavy (non-hydrogen) atoms. The Morgan fingerprint density at radius 1 is 0.784 bits per heavy atom. The van der Waals surface area contributed by atoms with E-state index in [1.807, 2.05) is 0 Å².